The van der Waals surface area contributed by atoms with E-state index in [1.807, 2.05) is 18.2 Å². The molecular formula is C14H16ClNO3. The zero-order chi connectivity index (χ0) is 13.8. The van der Waals surface area contributed by atoms with Crippen LogP contribution in [-0.2, 0) is 16.0 Å². The average molecular weight is 282 g/mol. The van der Waals surface area contributed by atoms with Crippen molar-refractivity contribution >= 4 is 23.5 Å². The Morgan fingerprint density at radius 1 is 1.32 bits per heavy atom. The molecule has 2 atom stereocenters. The van der Waals surface area contributed by atoms with Gasteiger partial charge in [-0.2, -0.15) is 0 Å². The third-order valence-electron chi connectivity index (χ3n) is 3.46. The van der Waals surface area contributed by atoms with E-state index in [0.717, 1.165) is 12.0 Å². The summed E-state index contributed by atoms with van der Waals surface area (Å²) in [6.45, 7) is 0. The van der Waals surface area contributed by atoms with Gasteiger partial charge in [0.1, 0.15) is 0 Å². The van der Waals surface area contributed by atoms with E-state index >= 15 is 0 Å². The molecule has 19 heavy (non-hydrogen) atoms. The molecule has 0 aliphatic heterocycles. The summed E-state index contributed by atoms with van der Waals surface area (Å²) in [5.41, 5.74) is 0.787. The van der Waals surface area contributed by atoms with Gasteiger partial charge in [-0.3, -0.25) is 9.59 Å². The number of amides is 1. The monoisotopic (exact) mass is 281 g/mol. The zero-order valence-corrected chi connectivity index (χ0v) is 11.2. The normalized spacial score (nSPS) is 22.2. The van der Waals surface area contributed by atoms with E-state index < -0.39 is 5.97 Å². The highest BCUT2D eigenvalue weighted by Crippen LogP contribution is 2.25. The van der Waals surface area contributed by atoms with Crippen LogP contribution in [0.15, 0.2) is 24.3 Å². The number of benzene rings is 1. The fourth-order valence-corrected chi connectivity index (χ4v) is 2.63. The van der Waals surface area contributed by atoms with Gasteiger partial charge in [0.2, 0.25) is 5.91 Å². The first-order chi connectivity index (χ1) is 9.06. The molecule has 4 nitrogen and oxygen atoms in total. The number of aliphatic carboxylic acids is 1. The molecule has 0 saturated heterocycles. The van der Waals surface area contributed by atoms with Crippen molar-refractivity contribution in [2.24, 2.45) is 5.92 Å². The quantitative estimate of drug-likeness (QED) is 0.889. The van der Waals surface area contributed by atoms with Crippen LogP contribution < -0.4 is 5.32 Å². The molecule has 0 heterocycles. The summed E-state index contributed by atoms with van der Waals surface area (Å²) in [4.78, 5) is 22.7. The Balaban J connectivity index is 1.86. The number of nitrogens with one attached hydrogen (secondary N) is 1. The first-order valence-corrected chi connectivity index (χ1v) is 6.69. The molecule has 1 aromatic carbocycles. The van der Waals surface area contributed by atoms with Crippen LogP contribution in [0.25, 0.3) is 0 Å². The molecule has 5 heteroatoms. The smallest absolute Gasteiger partial charge is 0.306 e. The maximum Gasteiger partial charge on any atom is 0.306 e. The van der Waals surface area contributed by atoms with Crippen molar-refractivity contribution in [3.8, 4) is 0 Å². The van der Waals surface area contributed by atoms with Crippen LogP contribution in [0.2, 0.25) is 5.02 Å². The van der Waals surface area contributed by atoms with Gasteiger partial charge >= 0.3 is 5.97 Å². The fourth-order valence-electron chi connectivity index (χ4n) is 2.43. The van der Waals surface area contributed by atoms with Crippen LogP contribution >= 0.6 is 11.6 Å². The van der Waals surface area contributed by atoms with Gasteiger partial charge in [-0.15, -0.1) is 0 Å². The standard InChI is InChI=1S/C14H16ClNO3/c15-12-4-2-1-3-9(12)8-13(17)16-11-6-5-10(7-11)14(18)19/h1-4,10-11H,5-8H2,(H,16,17)(H,18,19). The third kappa shape index (κ3) is 3.70. The number of rotatable bonds is 4. The van der Waals surface area contributed by atoms with Crippen LogP contribution in [-0.4, -0.2) is 23.0 Å². The molecule has 1 aliphatic rings. The average Bonchev–Trinajstić information content (AvgIpc) is 2.80. The maximum atomic E-state index is 11.9. The minimum absolute atomic E-state index is 0.0314. The van der Waals surface area contributed by atoms with Gasteiger partial charge in [0.05, 0.1) is 12.3 Å². The van der Waals surface area contributed by atoms with Crippen LogP contribution in [0.5, 0.6) is 0 Å². The van der Waals surface area contributed by atoms with Crippen molar-refractivity contribution in [1.82, 2.24) is 5.32 Å². The second-order valence-corrected chi connectivity index (χ2v) is 5.29. The first-order valence-electron chi connectivity index (χ1n) is 6.32. The molecule has 0 aromatic heterocycles. The number of hydrogen-bond acceptors (Lipinski definition) is 2. The van der Waals surface area contributed by atoms with Crippen LogP contribution in [0.3, 0.4) is 0 Å². The van der Waals surface area contributed by atoms with E-state index in [1.165, 1.54) is 0 Å². The molecular weight excluding hydrogens is 266 g/mol. The van der Waals surface area contributed by atoms with E-state index in [-0.39, 0.29) is 24.3 Å². The molecule has 1 amide bonds. The molecule has 102 valence electrons. The summed E-state index contributed by atoms with van der Waals surface area (Å²) < 4.78 is 0. The molecule has 2 rings (SSSR count). The second-order valence-electron chi connectivity index (χ2n) is 4.88. The SMILES string of the molecule is O=C(Cc1ccccc1Cl)NC1CCC(C(=O)O)C1. The Hall–Kier alpha value is -1.55. The molecule has 1 saturated carbocycles. The molecule has 2 unspecified atom stereocenters. The van der Waals surface area contributed by atoms with Gasteiger partial charge in [0.25, 0.3) is 0 Å². The topological polar surface area (TPSA) is 66.4 Å². The summed E-state index contributed by atoms with van der Waals surface area (Å²) in [5.74, 6) is -1.21. The van der Waals surface area contributed by atoms with Crippen molar-refractivity contribution in [1.29, 1.82) is 0 Å². The molecule has 0 spiro atoms. The maximum absolute atomic E-state index is 11.9. The number of carboxylic acids is 1. The van der Waals surface area contributed by atoms with Crippen LogP contribution in [0, 0.1) is 5.92 Å². The number of hydrogen-bond donors (Lipinski definition) is 2. The fraction of sp³-hybridized carbons (Fsp3) is 0.429. The molecule has 0 bridgehead atoms. The summed E-state index contributed by atoms with van der Waals surface area (Å²) in [7, 11) is 0. The van der Waals surface area contributed by atoms with Gasteiger partial charge in [0, 0.05) is 11.1 Å². The van der Waals surface area contributed by atoms with E-state index in [9.17, 15) is 9.59 Å². The zero-order valence-electron chi connectivity index (χ0n) is 10.4. The number of halogens is 1. The Labute approximate surface area is 116 Å². The van der Waals surface area contributed by atoms with Gasteiger partial charge in [-0.25, -0.2) is 0 Å². The first kappa shape index (κ1) is 13.9. The van der Waals surface area contributed by atoms with Crippen LogP contribution in [0.1, 0.15) is 24.8 Å². The van der Waals surface area contributed by atoms with E-state index in [0.29, 0.717) is 17.9 Å². The lowest BCUT2D eigenvalue weighted by molar-refractivity contribution is -0.141. The van der Waals surface area contributed by atoms with Crippen molar-refractivity contribution in [2.45, 2.75) is 31.7 Å². The minimum Gasteiger partial charge on any atom is -0.481 e. The van der Waals surface area contributed by atoms with Crippen LogP contribution in [0.4, 0.5) is 0 Å². The predicted molar refractivity (Wildman–Crippen MR) is 72.1 cm³/mol. The Bertz CT molecular complexity index is 489. The van der Waals surface area contributed by atoms with Gasteiger partial charge < -0.3 is 10.4 Å². The lowest BCUT2D eigenvalue weighted by Gasteiger charge is -2.12. The van der Waals surface area contributed by atoms with Gasteiger partial charge in [-0.05, 0) is 30.9 Å². The van der Waals surface area contributed by atoms with Crippen molar-refractivity contribution in [3.63, 3.8) is 0 Å². The molecule has 1 aliphatic carbocycles. The molecule has 2 N–H and O–H groups in total. The summed E-state index contributed by atoms with van der Waals surface area (Å²) in [6, 6.07) is 7.19. The van der Waals surface area contributed by atoms with Crippen molar-refractivity contribution in [2.75, 3.05) is 0 Å². The number of carboxylic acid groups (broad SMARTS) is 1. The Kier molecular flexibility index (Phi) is 4.43. The second kappa shape index (κ2) is 6.06. The van der Waals surface area contributed by atoms with E-state index in [1.54, 1.807) is 6.07 Å². The predicted octanol–water partition coefficient (Wildman–Crippen LogP) is 2.25. The molecule has 0 radical (unpaired) electrons. The third-order valence-corrected chi connectivity index (χ3v) is 3.82. The summed E-state index contributed by atoms with van der Waals surface area (Å²) >= 11 is 5.99. The molecule has 1 fully saturated rings. The Morgan fingerprint density at radius 3 is 2.68 bits per heavy atom. The van der Waals surface area contributed by atoms with Gasteiger partial charge in [0.15, 0.2) is 0 Å². The lowest BCUT2D eigenvalue weighted by atomic mass is 10.1. The lowest BCUT2D eigenvalue weighted by Crippen LogP contribution is -2.34. The Morgan fingerprint density at radius 2 is 2.05 bits per heavy atom. The van der Waals surface area contributed by atoms with E-state index in [2.05, 4.69) is 5.32 Å². The van der Waals surface area contributed by atoms with Crippen molar-refractivity contribution in [3.05, 3.63) is 34.9 Å². The van der Waals surface area contributed by atoms with Crippen molar-refractivity contribution < 1.29 is 14.7 Å². The molecule has 1 aromatic rings. The number of carbonyl (C=O) groups excluding carboxylic acids is 1. The van der Waals surface area contributed by atoms with E-state index in [4.69, 9.17) is 16.7 Å². The summed E-state index contributed by atoms with van der Waals surface area (Å²) in [5, 5.41) is 12.4. The highest BCUT2D eigenvalue weighted by atomic mass is 35.5. The highest BCUT2D eigenvalue weighted by molar-refractivity contribution is 6.31. The minimum atomic E-state index is -0.775. The van der Waals surface area contributed by atoms with Gasteiger partial charge in [-0.1, -0.05) is 29.8 Å². The summed E-state index contributed by atoms with van der Waals surface area (Å²) in [6.07, 6.45) is 2.11. The largest absolute Gasteiger partial charge is 0.481 e. The highest BCUT2D eigenvalue weighted by Gasteiger charge is 2.30. The number of carbonyl (C=O) groups is 2.